The Morgan fingerprint density at radius 2 is 2.25 bits per heavy atom. The minimum atomic E-state index is 0.874. The van der Waals surface area contributed by atoms with E-state index in [0.717, 1.165) is 38.3 Å². The zero-order valence-electron chi connectivity index (χ0n) is 12.2. The number of nitrogens with one attached hydrogen (secondary N) is 1. The molecule has 1 N–H and O–H groups in total. The molecule has 20 heavy (non-hydrogen) atoms. The molecule has 0 aliphatic rings. The van der Waals surface area contributed by atoms with Gasteiger partial charge in [0.2, 0.25) is 0 Å². The third kappa shape index (κ3) is 5.00. The molecule has 2 aromatic rings. The predicted molar refractivity (Wildman–Crippen MR) is 83.5 cm³/mol. The Morgan fingerprint density at radius 1 is 1.35 bits per heavy atom. The minimum absolute atomic E-state index is 0.874. The molecule has 2 rings (SSSR count). The van der Waals surface area contributed by atoms with Crippen molar-refractivity contribution < 1.29 is 0 Å². The van der Waals surface area contributed by atoms with E-state index in [2.05, 4.69) is 45.6 Å². The van der Waals surface area contributed by atoms with Crippen molar-refractivity contribution in [1.29, 1.82) is 0 Å². The first-order chi connectivity index (χ1) is 9.78. The molecule has 0 saturated heterocycles. The van der Waals surface area contributed by atoms with Crippen LogP contribution in [0.1, 0.15) is 29.6 Å². The van der Waals surface area contributed by atoms with Crippen molar-refractivity contribution in [2.75, 3.05) is 13.6 Å². The average molecular weight is 290 g/mol. The SMILES string of the molecule is CCCNCc1nc(CN(C)Cc2cccnc2)cs1. The zero-order valence-corrected chi connectivity index (χ0v) is 13.0. The van der Waals surface area contributed by atoms with E-state index >= 15 is 0 Å². The van der Waals surface area contributed by atoms with Crippen LogP contribution >= 0.6 is 11.3 Å². The van der Waals surface area contributed by atoms with Gasteiger partial charge in [0.15, 0.2) is 0 Å². The highest BCUT2D eigenvalue weighted by atomic mass is 32.1. The van der Waals surface area contributed by atoms with Gasteiger partial charge in [-0.2, -0.15) is 0 Å². The molecular formula is C15H22N4S. The van der Waals surface area contributed by atoms with Crippen LogP contribution in [0, 0.1) is 0 Å². The Morgan fingerprint density at radius 3 is 3.00 bits per heavy atom. The maximum Gasteiger partial charge on any atom is 0.107 e. The highest BCUT2D eigenvalue weighted by Crippen LogP contribution is 2.12. The fraction of sp³-hybridized carbons (Fsp3) is 0.467. The van der Waals surface area contributed by atoms with Gasteiger partial charge in [-0.1, -0.05) is 13.0 Å². The van der Waals surface area contributed by atoms with Crippen molar-refractivity contribution >= 4 is 11.3 Å². The summed E-state index contributed by atoms with van der Waals surface area (Å²) in [4.78, 5) is 11.1. The molecule has 0 bridgehead atoms. The Kier molecular flexibility index (Phi) is 6.11. The molecule has 108 valence electrons. The first-order valence-corrected chi connectivity index (χ1v) is 7.87. The van der Waals surface area contributed by atoms with E-state index in [-0.39, 0.29) is 0 Å². The maximum atomic E-state index is 4.66. The quantitative estimate of drug-likeness (QED) is 0.759. The van der Waals surface area contributed by atoms with Gasteiger partial charge >= 0.3 is 0 Å². The van der Waals surface area contributed by atoms with E-state index in [9.17, 15) is 0 Å². The molecule has 0 saturated carbocycles. The molecule has 0 amide bonds. The van der Waals surface area contributed by atoms with Gasteiger partial charge in [0.25, 0.3) is 0 Å². The van der Waals surface area contributed by atoms with Gasteiger partial charge < -0.3 is 5.32 Å². The van der Waals surface area contributed by atoms with Gasteiger partial charge in [0.05, 0.1) is 5.69 Å². The molecule has 0 unspecified atom stereocenters. The van der Waals surface area contributed by atoms with Crippen LogP contribution in [0.4, 0.5) is 0 Å². The van der Waals surface area contributed by atoms with Crippen LogP contribution in [-0.2, 0) is 19.6 Å². The molecule has 0 radical (unpaired) electrons. The second kappa shape index (κ2) is 8.09. The zero-order chi connectivity index (χ0) is 14.2. The first kappa shape index (κ1) is 15.1. The summed E-state index contributed by atoms with van der Waals surface area (Å²) in [5.41, 5.74) is 2.38. The minimum Gasteiger partial charge on any atom is -0.310 e. The van der Waals surface area contributed by atoms with Crippen LogP contribution in [0.5, 0.6) is 0 Å². The highest BCUT2D eigenvalue weighted by Gasteiger charge is 2.06. The molecule has 0 aliphatic heterocycles. The summed E-state index contributed by atoms with van der Waals surface area (Å²) in [7, 11) is 2.11. The number of aromatic nitrogens is 2. The summed E-state index contributed by atoms with van der Waals surface area (Å²) < 4.78 is 0. The highest BCUT2D eigenvalue weighted by molar-refractivity contribution is 7.09. The van der Waals surface area contributed by atoms with Gasteiger partial charge in [-0.3, -0.25) is 9.88 Å². The van der Waals surface area contributed by atoms with Crippen LogP contribution < -0.4 is 5.32 Å². The Labute approximate surface area is 124 Å². The van der Waals surface area contributed by atoms with Gasteiger partial charge in [0.1, 0.15) is 5.01 Å². The van der Waals surface area contributed by atoms with Gasteiger partial charge in [-0.15, -0.1) is 11.3 Å². The monoisotopic (exact) mass is 290 g/mol. The van der Waals surface area contributed by atoms with Crippen LogP contribution in [0.15, 0.2) is 29.9 Å². The molecule has 0 fully saturated rings. The Balaban J connectivity index is 1.80. The largest absolute Gasteiger partial charge is 0.310 e. The van der Waals surface area contributed by atoms with Crippen molar-refractivity contribution in [2.45, 2.75) is 33.0 Å². The van der Waals surface area contributed by atoms with Crippen molar-refractivity contribution in [3.63, 3.8) is 0 Å². The molecule has 5 heteroatoms. The van der Waals surface area contributed by atoms with Crippen molar-refractivity contribution in [3.8, 4) is 0 Å². The first-order valence-electron chi connectivity index (χ1n) is 6.99. The fourth-order valence-electron chi connectivity index (χ4n) is 2.01. The lowest BCUT2D eigenvalue weighted by Crippen LogP contribution is -2.18. The van der Waals surface area contributed by atoms with E-state index in [1.54, 1.807) is 17.5 Å². The van der Waals surface area contributed by atoms with Crippen LogP contribution in [0.2, 0.25) is 0 Å². The molecule has 0 aromatic carbocycles. The number of nitrogens with zero attached hydrogens (tertiary/aromatic N) is 3. The van der Waals surface area contributed by atoms with Gasteiger partial charge in [0, 0.05) is 37.4 Å². The predicted octanol–water partition coefficient (Wildman–Crippen LogP) is 2.67. The van der Waals surface area contributed by atoms with Gasteiger partial charge in [-0.05, 0) is 31.6 Å². The van der Waals surface area contributed by atoms with E-state index in [4.69, 9.17) is 0 Å². The molecule has 2 aromatic heterocycles. The summed E-state index contributed by atoms with van der Waals surface area (Å²) >= 11 is 1.74. The van der Waals surface area contributed by atoms with Gasteiger partial charge in [-0.25, -0.2) is 4.98 Å². The summed E-state index contributed by atoms with van der Waals surface area (Å²) in [6.45, 7) is 5.88. The summed E-state index contributed by atoms with van der Waals surface area (Å²) in [6.07, 6.45) is 4.88. The number of thiazole rings is 1. The summed E-state index contributed by atoms with van der Waals surface area (Å²) in [5, 5.41) is 6.71. The topological polar surface area (TPSA) is 41.1 Å². The molecule has 0 aliphatic carbocycles. The lowest BCUT2D eigenvalue weighted by Gasteiger charge is -2.14. The Hall–Kier alpha value is -1.30. The van der Waals surface area contributed by atoms with E-state index < -0.39 is 0 Å². The lowest BCUT2D eigenvalue weighted by molar-refractivity contribution is 0.315. The summed E-state index contributed by atoms with van der Waals surface area (Å²) in [6, 6.07) is 4.08. The lowest BCUT2D eigenvalue weighted by atomic mass is 10.2. The second-order valence-corrected chi connectivity index (χ2v) is 5.89. The average Bonchev–Trinajstić information content (AvgIpc) is 2.87. The number of rotatable bonds is 8. The van der Waals surface area contributed by atoms with Crippen LogP contribution in [-0.4, -0.2) is 28.5 Å². The Bertz CT molecular complexity index is 498. The van der Waals surface area contributed by atoms with Crippen LogP contribution in [0.25, 0.3) is 0 Å². The number of hydrogen-bond acceptors (Lipinski definition) is 5. The maximum absolute atomic E-state index is 4.66. The fourth-order valence-corrected chi connectivity index (χ4v) is 2.77. The number of hydrogen-bond donors (Lipinski definition) is 1. The van der Waals surface area contributed by atoms with Crippen molar-refractivity contribution in [3.05, 3.63) is 46.2 Å². The molecule has 0 atom stereocenters. The van der Waals surface area contributed by atoms with E-state index in [1.807, 2.05) is 12.3 Å². The standard InChI is InChI=1S/C15H22N4S/c1-3-6-16-9-15-18-14(12-20-15)11-19(2)10-13-5-4-7-17-8-13/h4-5,7-8,12,16H,3,6,9-11H2,1-2H3. The molecule has 0 spiro atoms. The second-order valence-electron chi connectivity index (χ2n) is 4.94. The third-order valence-corrected chi connectivity index (χ3v) is 3.81. The number of pyridine rings is 1. The smallest absolute Gasteiger partial charge is 0.107 e. The van der Waals surface area contributed by atoms with E-state index in [0.29, 0.717) is 0 Å². The molecule has 2 heterocycles. The van der Waals surface area contributed by atoms with Crippen molar-refractivity contribution in [1.82, 2.24) is 20.2 Å². The van der Waals surface area contributed by atoms with Crippen LogP contribution in [0.3, 0.4) is 0 Å². The third-order valence-electron chi connectivity index (χ3n) is 2.91. The van der Waals surface area contributed by atoms with E-state index in [1.165, 1.54) is 10.6 Å². The normalized spacial score (nSPS) is 11.2. The molecule has 4 nitrogen and oxygen atoms in total. The van der Waals surface area contributed by atoms with Crippen molar-refractivity contribution in [2.24, 2.45) is 0 Å². The molecular weight excluding hydrogens is 268 g/mol. The summed E-state index contributed by atoms with van der Waals surface area (Å²) in [5.74, 6) is 0.